The molecule has 2 aromatic carbocycles. The minimum atomic E-state index is -0.296. The van der Waals surface area contributed by atoms with Gasteiger partial charge >= 0.3 is 0 Å². The van der Waals surface area contributed by atoms with Crippen LogP contribution in [0.4, 0.5) is 15.9 Å². The smallest absolute Gasteiger partial charge is 0.164 e. The number of anilines is 2. The highest BCUT2D eigenvalue weighted by Gasteiger charge is 2.36. The maximum Gasteiger partial charge on any atom is 0.164 e. The third kappa shape index (κ3) is 3.44. The van der Waals surface area contributed by atoms with Gasteiger partial charge in [0.15, 0.2) is 17.5 Å². The quantitative estimate of drug-likeness (QED) is 0.313. The third-order valence-electron chi connectivity index (χ3n) is 6.24. The van der Waals surface area contributed by atoms with Gasteiger partial charge in [0.1, 0.15) is 17.3 Å². The highest BCUT2D eigenvalue weighted by Crippen LogP contribution is 2.44. The minimum absolute atomic E-state index is 0.146. The SMILES string of the molecule is CC[C@@H]1c2nnc(C)n2-c2cnc(-c3cnsc3-c3ccc(F)cc3)nc2N1c1cccc(C#N)c1. The van der Waals surface area contributed by atoms with Crippen LogP contribution in [0.2, 0.25) is 0 Å². The number of hydrogen-bond acceptors (Lipinski definition) is 8. The average molecular weight is 495 g/mol. The first kappa shape index (κ1) is 22.0. The summed E-state index contributed by atoms with van der Waals surface area (Å²) in [5, 5.41) is 18.3. The maximum absolute atomic E-state index is 13.5. The summed E-state index contributed by atoms with van der Waals surface area (Å²) in [7, 11) is 0. The number of fused-ring (bicyclic) bond motifs is 3. The Kier molecular flexibility index (Phi) is 5.27. The molecular weight excluding hydrogens is 475 g/mol. The predicted molar refractivity (Wildman–Crippen MR) is 135 cm³/mol. The van der Waals surface area contributed by atoms with Crippen molar-refractivity contribution in [3.63, 3.8) is 0 Å². The van der Waals surface area contributed by atoms with Gasteiger partial charge in [-0.05, 0) is 60.8 Å². The second-order valence-corrected chi connectivity index (χ2v) is 9.18. The number of aromatic nitrogens is 6. The lowest BCUT2D eigenvalue weighted by Gasteiger charge is -2.37. The van der Waals surface area contributed by atoms with E-state index in [2.05, 4.69) is 32.5 Å². The molecule has 4 heterocycles. The highest BCUT2D eigenvalue weighted by atomic mass is 32.1. The number of aryl methyl sites for hydroxylation is 1. The Morgan fingerprint density at radius 3 is 2.72 bits per heavy atom. The van der Waals surface area contributed by atoms with E-state index in [9.17, 15) is 9.65 Å². The number of hydrogen-bond donors (Lipinski definition) is 0. The number of nitrogens with zero attached hydrogens (tertiary/aromatic N) is 8. The predicted octanol–water partition coefficient (Wildman–Crippen LogP) is 5.77. The number of nitriles is 1. The molecule has 1 atom stereocenters. The first-order valence-corrected chi connectivity index (χ1v) is 12.2. The van der Waals surface area contributed by atoms with E-state index < -0.39 is 0 Å². The molecule has 1 aliphatic rings. The van der Waals surface area contributed by atoms with Gasteiger partial charge in [-0.3, -0.25) is 4.57 Å². The molecule has 5 aromatic rings. The Morgan fingerprint density at radius 2 is 1.94 bits per heavy atom. The molecule has 8 nitrogen and oxygen atoms in total. The molecule has 0 spiro atoms. The van der Waals surface area contributed by atoms with Crippen molar-refractivity contribution in [3.05, 3.63) is 84.0 Å². The minimum Gasteiger partial charge on any atom is -0.314 e. The van der Waals surface area contributed by atoms with Gasteiger partial charge in [0, 0.05) is 5.69 Å². The van der Waals surface area contributed by atoms with Gasteiger partial charge in [-0.15, -0.1) is 10.2 Å². The van der Waals surface area contributed by atoms with E-state index >= 15 is 0 Å². The van der Waals surface area contributed by atoms with E-state index in [1.165, 1.54) is 23.7 Å². The Labute approximate surface area is 210 Å². The van der Waals surface area contributed by atoms with Gasteiger partial charge in [0.05, 0.1) is 40.5 Å². The number of benzene rings is 2. The summed E-state index contributed by atoms with van der Waals surface area (Å²) in [6.07, 6.45) is 4.26. The second kappa shape index (κ2) is 8.62. The van der Waals surface area contributed by atoms with E-state index in [0.29, 0.717) is 17.2 Å². The van der Waals surface area contributed by atoms with E-state index in [1.54, 1.807) is 30.6 Å². The molecule has 0 unspecified atom stereocenters. The van der Waals surface area contributed by atoms with Gasteiger partial charge in [-0.1, -0.05) is 25.1 Å². The molecule has 176 valence electrons. The molecular formula is C26H19FN8S. The molecule has 3 aromatic heterocycles. The third-order valence-corrected chi connectivity index (χ3v) is 7.09. The van der Waals surface area contributed by atoms with Crippen molar-refractivity contribution in [2.24, 2.45) is 0 Å². The maximum atomic E-state index is 13.5. The Hall–Kier alpha value is -4.49. The van der Waals surface area contributed by atoms with Gasteiger partial charge in [-0.25, -0.2) is 14.4 Å². The summed E-state index contributed by atoms with van der Waals surface area (Å²) in [4.78, 5) is 12.7. The van der Waals surface area contributed by atoms with Crippen LogP contribution in [0.3, 0.4) is 0 Å². The second-order valence-electron chi connectivity index (χ2n) is 8.37. The molecule has 1 aliphatic heterocycles. The first-order chi connectivity index (χ1) is 17.6. The first-order valence-electron chi connectivity index (χ1n) is 11.4. The monoisotopic (exact) mass is 494 g/mol. The van der Waals surface area contributed by atoms with Crippen LogP contribution in [-0.4, -0.2) is 29.1 Å². The van der Waals surface area contributed by atoms with Crippen LogP contribution in [0.15, 0.2) is 60.9 Å². The van der Waals surface area contributed by atoms with Crippen LogP contribution in [0.25, 0.3) is 27.5 Å². The van der Waals surface area contributed by atoms with Crippen molar-refractivity contribution in [3.8, 4) is 33.6 Å². The van der Waals surface area contributed by atoms with Crippen molar-refractivity contribution in [1.29, 1.82) is 5.26 Å². The molecule has 0 radical (unpaired) electrons. The fraction of sp³-hybridized carbons (Fsp3) is 0.154. The largest absolute Gasteiger partial charge is 0.314 e. The summed E-state index contributed by atoms with van der Waals surface area (Å²) >= 11 is 1.31. The molecule has 0 fully saturated rings. The highest BCUT2D eigenvalue weighted by molar-refractivity contribution is 7.10. The van der Waals surface area contributed by atoms with Gasteiger partial charge in [0.2, 0.25) is 0 Å². The van der Waals surface area contributed by atoms with E-state index in [4.69, 9.17) is 9.97 Å². The van der Waals surface area contributed by atoms with Crippen LogP contribution in [0.1, 0.15) is 36.6 Å². The molecule has 10 heteroatoms. The Morgan fingerprint density at radius 1 is 1.11 bits per heavy atom. The van der Waals surface area contributed by atoms with Crippen LogP contribution in [0.5, 0.6) is 0 Å². The zero-order valence-electron chi connectivity index (χ0n) is 19.4. The molecule has 6 rings (SSSR count). The van der Waals surface area contributed by atoms with E-state index in [1.807, 2.05) is 29.7 Å². The molecule has 0 bridgehead atoms. The van der Waals surface area contributed by atoms with Crippen LogP contribution in [-0.2, 0) is 0 Å². The molecule has 0 aliphatic carbocycles. The van der Waals surface area contributed by atoms with Gasteiger partial charge < -0.3 is 4.90 Å². The molecule has 0 amide bonds. The summed E-state index contributed by atoms with van der Waals surface area (Å²) in [5.41, 5.74) is 3.76. The van der Waals surface area contributed by atoms with Crippen LogP contribution in [0, 0.1) is 24.1 Å². The fourth-order valence-electron chi connectivity index (χ4n) is 4.59. The lowest BCUT2D eigenvalue weighted by atomic mass is 10.1. The Bertz CT molecular complexity index is 1630. The number of halogens is 1. The molecule has 0 saturated heterocycles. The normalized spacial score (nSPS) is 14.3. The topological polar surface area (TPSA) is 96.4 Å². The summed E-state index contributed by atoms with van der Waals surface area (Å²) < 4.78 is 19.9. The summed E-state index contributed by atoms with van der Waals surface area (Å²) in [6, 6.07) is 15.8. The van der Waals surface area contributed by atoms with Crippen molar-refractivity contribution < 1.29 is 4.39 Å². The van der Waals surface area contributed by atoms with Gasteiger partial charge in [-0.2, -0.15) is 9.64 Å². The van der Waals surface area contributed by atoms with Crippen LogP contribution >= 0.6 is 11.5 Å². The van der Waals surface area contributed by atoms with Crippen LogP contribution < -0.4 is 4.90 Å². The van der Waals surface area contributed by atoms with Crippen molar-refractivity contribution in [2.75, 3.05) is 4.90 Å². The average Bonchev–Trinajstić information content (AvgIpc) is 3.55. The lowest BCUT2D eigenvalue weighted by molar-refractivity contribution is 0.588. The lowest BCUT2D eigenvalue weighted by Crippen LogP contribution is -2.32. The molecule has 0 saturated carbocycles. The standard InChI is InChI=1S/C26H19FN8S/c1-3-21-26-33-32-15(2)34(26)22-14-29-24(20-13-30-36-23(20)17-7-9-18(27)10-8-17)31-25(22)35(21)19-6-4-5-16(11-19)12-28/h4-11,13-14,21H,3H2,1-2H3/t21-/m1/s1. The zero-order valence-corrected chi connectivity index (χ0v) is 20.2. The van der Waals surface area contributed by atoms with Crippen molar-refractivity contribution >= 4 is 23.0 Å². The Balaban J connectivity index is 1.57. The number of rotatable bonds is 4. The molecule has 36 heavy (non-hydrogen) atoms. The summed E-state index contributed by atoms with van der Waals surface area (Å²) in [5.74, 6) is 2.44. The molecule has 0 N–H and O–H groups in total. The van der Waals surface area contributed by atoms with E-state index in [-0.39, 0.29) is 11.9 Å². The van der Waals surface area contributed by atoms with Crippen molar-refractivity contribution in [1.82, 2.24) is 29.1 Å². The van der Waals surface area contributed by atoms with Gasteiger partial charge in [0.25, 0.3) is 0 Å². The van der Waals surface area contributed by atoms with E-state index in [0.717, 1.165) is 45.4 Å². The zero-order chi connectivity index (χ0) is 24.8. The van der Waals surface area contributed by atoms with Crippen molar-refractivity contribution in [2.45, 2.75) is 26.3 Å². The summed E-state index contributed by atoms with van der Waals surface area (Å²) in [6.45, 7) is 3.99. The fourth-order valence-corrected chi connectivity index (χ4v) is 5.33.